The second-order valence-electron chi connectivity index (χ2n) is 6.72. The second-order valence-corrected chi connectivity index (χ2v) is 7.04. The summed E-state index contributed by atoms with van der Waals surface area (Å²) < 4.78 is 11.3. The SMILES string of the molecule is COc1ccc(OCC(C)(C)CS)c(C(C)(C)C)c1. The zero-order valence-electron chi connectivity index (χ0n) is 12.9. The van der Waals surface area contributed by atoms with Crippen molar-refractivity contribution in [3.8, 4) is 11.5 Å². The van der Waals surface area contributed by atoms with Gasteiger partial charge in [0.2, 0.25) is 0 Å². The quantitative estimate of drug-likeness (QED) is 0.810. The summed E-state index contributed by atoms with van der Waals surface area (Å²) in [5.74, 6) is 2.60. The second kappa shape index (κ2) is 6.08. The largest absolute Gasteiger partial charge is 0.497 e. The number of methoxy groups -OCH3 is 1. The smallest absolute Gasteiger partial charge is 0.123 e. The number of rotatable bonds is 5. The van der Waals surface area contributed by atoms with E-state index in [0.29, 0.717) is 6.61 Å². The molecule has 0 aromatic heterocycles. The van der Waals surface area contributed by atoms with Gasteiger partial charge in [0.15, 0.2) is 0 Å². The Bertz CT molecular complexity index is 419. The summed E-state index contributed by atoms with van der Waals surface area (Å²) in [6.07, 6.45) is 0. The molecule has 0 amide bonds. The van der Waals surface area contributed by atoms with Gasteiger partial charge in [-0.25, -0.2) is 0 Å². The summed E-state index contributed by atoms with van der Waals surface area (Å²) >= 11 is 4.36. The molecule has 0 aliphatic heterocycles. The fourth-order valence-corrected chi connectivity index (χ4v) is 1.76. The van der Waals surface area contributed by atoms with Crippen LogP contribution in [0.2, 0.25) is 0 Å². The topological polar surface area (TPSA) is 18.5 Å². The monoisotopic (exact) mass is 282 g/mol. The van der Waals surface area contributed by atoms with Gasteiger partial charge in [-0.2, -0.15) is 12.6 Å². The highest BCUT2D eigenvalue weighted by Crippen LogP contribution is 2.35. The third-order valence-electron chi connectivity index (χ3n) is 3.04. The van der Waals surface area contributed by atoms with Crippen LogP contribution in [0.4, 0.5) is 0 Å². The van der Waals surface area contributed by atoms with Crippen molar-refractivity contribution in [2.75, 3.05) is 19.5 Å². The zero-order valence-corrected chi connectivity index (χ0v) is 13.8. The van der Waals surface area contributed by atoms with Crippen LogP contribution in [0.5, 0.6) is 11.5 Å². The van der Waals surface area contributed by atoms with Gasteiger partial charge in [-0.3, -0.25) is 0 Å². The molecule has 0 atom stereocenters. The van der Waals surface area contributed by atoms with Gasteiger partial charge in [-0.05, 0) is 29.4 Å². The Morgan fingerprint density at radius 1 is 1.11 bits per heavy atom. The van der Waals surface area contributed by atoms with Crippen LogP contribution in [0.1, 0.15) is 40.2 Å². The number of hydrogen-bond acceptors (Lipinski definition) is 3. The molecule has 0 bridgehead atoms. The first-order valence-electron chi connectivity index (χ1n) is 6.62. The van der Waals surface area contributed by atoms with E-state index in [2.05, 4.69) is 53.3 Å². The first-order valence-corrected chi connectivity index (χ1v) is 7.25. The molecule has 0 N–H and O–H groups in total. The average Bonchev–Trinajstić information content (AvgIpc) is 2.35. The summed E-state index contributed by atoms with van der Waals surface area (Å²) in [4.78, 5) is 0. The lowest BCUT2D eigenvalue weighted by Crippen LogP contribution is -2.24. The van der Waals surface area contributed by atoms with E-state index in [9.17, 15) is 0 Å². The molecule has 0 fully saturated rings. The molecule has 1 aromatic carbocycles. The molecule has 0 saturated carbocycles. The predicted octanol–water partition coefficient (Wildman–Crippen LogP) is 4.33. The van der Waals surface area contributed by atoms with Crippen LogP contribution < -0.4 is 9.47 Å². The van der Waals surface area contributed by atoms with Crippen LogP contribution in [-0.4, -0.2) is 19.5 Å². The maximum absolute atomic E-state index is 6.01. The normalized spacial score (nSPS) is 12.4. The van der Waals surface area contributed by atoms with Crippen molar-refractivity contribution in [3.63, 3.8) is 0 Å². The average molecular weight is 282 g/mol. The maximum atomic E-state index is 6.01. The number of ether oxygens (including phenoxy) is 2. The maximum Gasteiger partial charge on any atom is 0.123 e. The zero-order chi connectivity index (χ0) is 14.7. The minimum Gasteiger partial charge on any atom is -0.497 e. The Balaban J connectivity index is 3.00. The minimum absolute atomic E-state index is 0.0228. The van der Waals surface area contributed by atoms with Crippen molar-refractivity contribution >= 4 is 12.6 Å². The van der Waals surface area contributed by atoms with Crippen LogP contribution in [0, 0.1) is 5.41 Å². The molecular formula is C16H26O2S. The van der Waals surface area contributed by atoms with Crippen LogP contribution in [0.25, 0.3) is 0 Å². The first kappa shape index (κ1) is 16.2. The van der Waals surface area contributed by atoms with E-state index in [1.165, 1.54) is 5.56 Å². The molecule has 1 rings (SSSR count). The van der Waals surface area contributed by atoms with E-state index >= 15 is 0 Å². The van der Waals surface area contributed by atoms with Crippen molar-refractivity contribution in [1.82, 2.24) is 0 Å². The van der Waals surface area contributed by atoms with Crippen molar-refractivity contribution in [3.05, 3.63) is 23.8 Å². The van der Waals surface area contributed by atoms with Gasteiger partial charge in [0.1, 0.15) is 11.5 Å². The molecule has 19 heavy (non-hydrogen) atoms. The highest BCUT2D eigenvalue weighted by Gasteiger charge is 2.22. The van der Waals surface area contributed by atoms with Crippen LogP contribution >= 0.6 is 12.6 Å². The highest BCUT2D eigenvalue weighted by atomic mass is 32.1. The van der Waals surface area contributed by atoms with Gasteiger partial charge >= 0.3 is 0 Å². The van der Waals surface area contributed by atoms with E-state index in [1.54, 1.807) is 7.11 Å². The van der Waals surface area contributed by atoms with Gasteiger partial charge in [-0.1, -0.05) is 34.6 Å². The molecule has 2 nitrogen and oxygen atoms in total. The Kier molecular flexibility index (Phi) is 5.19. The molecule has 0 radical (unpaired) electrons. The highest BCUT2D eigenvalue weighted by molar-refractivity contribution is 7.80. The summed E-state index contributed by atoms with van der Waals surface area (Å²) in [6.45, 7) is 11.5. The summed E-state index contributed by atoms with van der Waals surface area (Å²) in [7, 11) is 1.69. The van der Waals surface area contributed by atoms with Crippen molar-refractivity contribution in [1.29, 1.82) is 0 Å². The van der Waals surface area contributed by atoms with Gasteiger partial charge in [0.25, 0.3) is 0 Å². The van der Waals surface area contributed by atoms with Crippen LogP contribution in [0.15, 0.2) is 18.2 Å². The Hall–Kier alpha value is -0.830. The van der Waals surface area contributed by atoms with Crippen LogP contribution in [-0.2, 0) is 5.41 Å². The Morgan fingerprint density at radius 2 is 1.74 bits per heavy atom. The lowest BCUT2D eigenvalue weighted by molar-refractivity contribution is 0.198. The van der Waals surface area contributed by atoms with E-state index in [4.69, 9.17) is 9.47 Å². The van der Waals surface area contributed by atoms with E-state index in [0.717, 1.165) is 17.3 Å². The fraction of sp³-hybridized carbons (Fsp3) is 0.625. The van der Waals surface area contributed by atoms with Gasteiger partial charge < -0.3 is 9.47 Å². The van der Waals surface area contributed by atoms with Gasteiger partial charge in [0, 0.05) is 11.0 Å². The number of benzene rings is 1. The lowest BCUT2D eigenvalue weighted by Gasteiger charge is -2.27. The lowest BCUT2D eigenvalue weighted by atomic mass is 9.86. The molecule has 0 spiro atoms. The number of hydrogen-bond donors (Lipinski definition) is 1. The third kappa shape index (κ3) is 4.64. The Morgan fingerprint density at radius 3 is 2.21 bits per heavy atom. The molecule has 3 heteroatoms. The standard InChI is InChI=1S/C16H26O2S/c1-15(2,3)13-9-12(17-6)7-8-14(13)18-10-16(4,5)11-19/h7-9,19H,10-11H2,1-6H3. The fourth-order valence-electron chi connectivity index (χ4n) is 1.67. The molecule has 1 aromatic rings. The first-order chi connectivity index (χ1) is 8.69. The number of thiol groups is 1. The predicted molar refractivity (Wildman–Crippen MR) is 84.8 cm³/mol. The van der Waals surface area contributed by atoms with Crippen LogP contribution in [0.3, 0.4) is 0 Å². The molecule has 0 aliphatic carbocycles. The molecule has 0 heterocycles. The molecule has 0 unspecified atom stereocenters. The van der Waals surface area contributed by atoms with Crippen molar-refractivity contribution in [2.45, 2.75) is 40.0 Å². The van der Waals surface area contributed by atoms with Gasteiger partial charge in [-0.15, -0.1) is 0 Å². The van der Waals surface area contributed by atoms with E-state index in [1.807, 2.05) is 12.1 Å². The molecule has 0 saturated heterocycles. The molecular weight excluding hydrogens is 256 g/mol. The third-order valence-corrected chi connectivity index (χ3v) is 3.90. The van der Waals surface area contributed by atoms with Gasteiger partial charge in [0.05, 0.1) is 13.7 Å². The minimum atomic E-state index is 0.0228. The van der Waals surface area contributed by atoms with Crippen molar-refractivity contribution < 1.29 is 9.47 Å². The van der Waals surface area contributed by atoms with Crippen molar-refractivity contribution in [2.24, 2.45) is 5.41 Å². The summed E-state index contributed by atoms with van der Waals surface area (Å²) in [6, 6.07) is 6.00. The molecule has 108 valence electrons. The molecule has 0 aliphatic rings. The van der Waals surface area contributed by atoms with E-state index in [-0.39, 0.29) is 10.8 Å². The van der Waals surface area contributed by atoms with E-state index < -0.39 is 0 Å². The summed E-state index contributed by atoms with van der Waals surface area (Å²) in [5.41, 5.74) is 1.26. The Labute approximate surface area is 122 Å². The summed E-state index contributed by atoms with van der Waals surface area (Å²) in [5, 5.41) is 0.